The van der Waals surface area contributed by atoms with Crippen molar-refractivity contribution in [2.24, 2.45) is 7.05 Å². The van der Waals surface area contributed by atoms with Gasteiger partial charge in [-0.1, -0.05) is 0 Å². The van der Waals surface area contributed by atoms with Gasteiger partial charge in [0.1, 0.15) is 0 Å². The lowest BCUT2D eigenvalue weighted by Gasteiger charge is -2.35. The fourth-order valence-corrected chi connectivity index (χ4v) is 2.64. The molecule has 2 heterocycles. The molecule has 1 aliphatic rings. The van der Waals surface area contributed by atoms with Crippen LogP contribution in [-0.4, -0.2) is 58.7 Å². The van der Waals surface area contributed by atoms with Crippen LogP contribution >= 0.6 is 0 Å². The van der Waals surface area contributed by atoms with E-state index in [1.54, 1.807) is 4.68 Å². The van der Waals surface area contributed by atoms with Crippen molar-refractivity contribution in [1.29, 1.82) is 0 Å². The highest BCUT2D eigenvalue weighted by atomic mass is 16.2. The van der Waals surface area contributed by atoms with E-state index in [0.717, 1.165) is 37.9 Å². The van der Waals surface area contributed by atoms with E-state index in [9.17, 15) is 4.79 Å². The third-order valence-corrected chi connectivity index (χ3v) is 3.93. The van der Waals surface area contributed by atoms with Gasteiger partial charge in [-0.2, -0.15) is 5.10 Å². The summed E-state index contributed by atoms with van der Waals surface area (Å²) in [4.78, 5) is 16.4. The number of aryl methyl sites for hydroxylation is 2. The van der Waals surface area contributed by atoms with Crippen LogP contribution in [0.1, 0.15) is 24.8 Å². The molecule has 0 aromatic carbocycles. The van der Waals surface area contributed by atoms with Gasteiger partial charge in [-0.3, -0.25) is 9.48 Å². The minimum atomic E-state index is 0.279. The molecular weight excluding hydrogens is 240 g/mol. The first-order valence-electron chi connectivity index (χ1n) is 6.98. The normalized spacial score (nSPS) is 17.2. The summed E-state index contributed by atoms with van der Waals surface area (Å²) in [5, 5.41) is 4.12. The quantitative estimate of drug-likeness (QED) is 0.811. The van der Waals surface area contributed by atoms with Crippen LogP contribution in [-0.2, 0) is 18.3 Å². The van der Waals surface area contributed by atoms with E-state index in [0.29, 0.717) is 12.5 Å². The number of likely N-dealkylation sites (tertiary alicyclic amines) is 1. The van der Waals surface area contributed by atoms with E-state index in [-0.39, 0.29) is 5.91 Å². The Bertz CT molecular complexity index is 419. The average molecular weight is 264 g/mol. The first-order chi connectivity index (χ1) is 9.06. The molecule has 5 heteroatoms. The minimum absolute atomic E-state index is 0.279. The molecule has 1 saturated heterocycles. The zero-order valence-corrected chi connectivity index (χ0v) is 12.2. The smallest absolute Gasteiger partial charge is 0.222 e. The number of hydrogen-bond acceptors (Lipinski definition) is 3. The second-order valence-corrected chi connectivity index (χ2v) is 5.60. The summed E-state index contributed by atoms with van der Waals surface area (Å²) in [6.07, 6.45) is 7.38. The molecule has 1 amide bonds. The van der Waals surface area contributed by atoms with Crippen molar-refractivity contribution in [2.45, 2.75) is 31.7 Å². The van der Waals surface area contributed by atoms with Crippen LogP contribution in [0.2, 0.25) is 0 Å². The van der Waals surface area contributed by atoms with Crippen molar-refractivity contribution in [3.05, 3.63) is 18.0 Å². The van der Waals surface area contributed by atoms with Gasteiger partial charge in [0.05, 0.1) is 6.20 Å². The fraction of sp³-hybridized carbons (Fsp3) is 0.714. The molecule has 0 radical (unpaired) electrons. The van der Waals surface area contributed by atoms with Crippen LogP contribution in [0.4, 0.5) is 0 Å². The molecule has 0 atom stereocenters. The van der Waals surface area contributed by atoms with Crippen LogP contribution in [0.25, 0.3) is 0 Å². The Morgan fingerprint density at radius 1 is 1.42 bits per heavy atom. The number of nitrogens with zero attached hydrogens (tertiary/aromatic N) is 4. The summed E-state index contributed by atoms with van der Waals surface area (Å²) < 4.78 is 1.78. The number of aromatic nitrogens is 2. The number of rotatable bonds is 4. The van der Waals surface area contributed by atoms with Gasteiger partial charge in [0.2, 0.25) is 5.91 Å². The second-order valence-electron chi connectivity index (χ2n) is 5.60. The highest BCUT2D eigenvalue weighted by molar-refractivity contribution is 5.76. The van der Waals surface area contributed by atoms with Gasteiger partial charge >= 0.3 is 0 Å². The van der Waals surface area contributed by atoms with Gasteiger partial charge < -0.3 is 9.80 Å². The van der Waals surface area contributed by atoms with Gasteiger partial charge in [0.15, 0.2) is 0 Å². The van der Waals surface area contributed by atoms with Gasteiger partial charge in [-0.15, -0.1) is 0 Å². The molecule has 0 bridgehead atoms. The van der Waals surface area contributed by atoms with Crippen LogP contribution in [0.15, 0.2) is 12.4 Å². The van der Waals surface area contributed by atoms with Crippen molar-refractivity contribution in [3.8, 4) is 0 Å². The standard InChI is InChI=1S/C14H24N4O/c1-16(2)13-6-8-18(9-7-13)14(19)5-4-12-10-15-17(3)11-12/h10-11,13H,4-9H2,1-3H3. The predicted octanol–water partition coefficient (Wildman–Crippen LogP) is 0.905. The molecule has 0 N–H and O–H groups in total. The zero-order valence-electron chi connectivity index (χ0n) is 12.2. The molecule has 0 spiro atoms. The van der Waals surface area contributed by atoms with Crippen molar-refractivity contribution in [1.82, 2.24) is 19.6 Å². The van der Waals surface area contributed by atoms with Crippen molar-refractivity contribution >= 4 is 5.91 Å². The second kappa shape index (κ2) is 6.19. The Morgan fingerprint density at radius 3 is 2.63 bits per heavy atom. The molecule has 1 aromatic rings. The monoisotopic (exact) mass is 264 g/mol. The van der Waals surface area contributed by atoms with Crippen LogP contribution in [0, 0.1) is 0 Å². The predicted molar refractivity (Wildman–Crippen MR) is 74.8 cm³/mol. The number of hydrogen-bond donors (Lipinski definition) is 0. The third kappa shape index (κ3) is 3.80. The highest BCUT2D eigenvalue weighted by Crippen LogP contribution is 2.15. The van der Waals surface area contributed by atoms with Gasteiger partial charge in [-0.25, -0.2) is 0 Å². The largest absolute Gasteiger partial charge is 0.343 e. The highest BCUT2D eigenvalue weighted by Gasteiger charge is 2.23. The maximum absolute atomic E-state index is 12.1. The average Bonchev–Trinajstić information content (AvgIpc) is 2.82. The Balaban J connectivity index is 1.75. The summed E-state index contributed by atoms with van der Waals surface area (Å²) in [7, 11) is 6.13. The lowest BCUT2D eigenvalue weighted by atomic mass is 10.0. The van der Waals surface area contributed by atoms with E-state index >= 15 is 0 Å². The molecule has 5 nitrogen and oxygen atoms in total. The molecule has 0 saturated carbocycles. The number of carbonyl (C=O) groups excluding carboxylic acids is 1. The van der Waals surface area contributed by atoms with E-state index in [2.05, 4.69) is 24.1 Å². The molecule has 106 valence electrons. The molecule has 0 aliphatic carbocycles. The van der Waals surface area contributed by atoms with Crippen molar-refractivity contribution in [2.75, 3.05) is 27.2 Å². The summed E-state index contributed by atoms with van der Waals surface area (Å²) in [6.45, 7) is 1.80. The Kier molecular flexibility index (Phi) is 4.58. The maximum atomic E-state index is 12.1. The van der Waals surface area contributed by atoms with Gasteiger partial charge in [0.25, 0.3) is 0 Å². The van der Waals surface area contributed by atoms with Crippen LogP contribution in [0.5, 0.6) is 0 Å². The Hall–Kier alpha value is -1.36. The fourth-order valence-electron chi connectivity index (χ4n) is 2.64. The van der Waals surface area contributed by atoms with Gasteiger partial charge in [0, 0.05) is 38.8 Å². The molecule has 2 rings (SSSR count). The summed E-state index contributed by atoms with van der Waals surface area (Å²) in [5.74, 6) is 0.279. The SMILES string of the molecule is CN(C)C1CCN(C(=O)CCc2cnn(C)c2)CC1. The van der Waals surface area contributed by atoms with Crippen molar-refractivity contribution in [3.63, 3.8) is 0 Å². The van der Waals surface area contributed by atoms with E-state index < -0.39 is 0 Å². The van der Waals surface area contributed by atoms with Crippen LogP contribution < -0.4 is 0 Å². The molecule has 19 heavy (non-hydrogen) atoms. The minimum Gasteiger partial charge on any atom is -0.343 e. The van der Waals surface area contributed by atoms with E-state index in [4.69, 9.17) is 0 Å². The van der Waals surface area contributed by atoms with E-state index in [1.165, 1.54) is 0 Å². The molecular formula is C14H24N4O. The van der Waals surface area contributed by atoms with Gasteiger partial charge in [-0.05, 0) is 38.9 Å². The Morgan fingerprint density at radius 2 is 2.11 bits per heavy atom. The van der Waals surface area contributed by atoms with Crippen molar-refractivity contribution < 1.29 is 4.79 Å². The number of carbonyl (C=O) groups is 1. The molecule has 0 unspecified atom stereocenters. The number of amides is 1. The summed E-state index contributed by atoms with van der Waals surface area (Å²) >= 11 is 0. The molecule has 1 fully saturated rings. The zero-order chi connectivity index (χ0) is 13.8. The first kappa shape index (κ1) is 14.1. The van der Waals surface area contributed by atoms with Crippen LogP contribution in [0.3, 0.4) is 0 Å². The van der Waals surface area contributed by atoms with E-state index in [1.807, 2.05) is 24.3 Å². The first-order valence-corrected chi connectivity index (χ1v) is 6.98. The molecule has 1 aliphatic heterocycles. The number of piperidine rings is 1. The summed E-state index contributed by atoms with van der Waals surface area (Å²) in [5.41, 5.74) is 1.14. The summed E-state index contributed by atoms with van der Waals surface area (Å²) in [6, 6.07) is 0.627. The Labute approximate surface area is 115 Å². The molecule has 1 aromatic heterocycles. The maximum Gasteiger partial charge on any atom is 0.222 e. The topological polar surface area (TPSA) is 41.4 Å². The lowest BCUT2D eigenvalue weighted by Crippen LogP contribution is -2.44. The third-order valence-electron chi connectivity index (χ3n) is 3.93. The lowest BCUT2D eigenvalue weighted by molar-refractivity contribution is -0.132.